The van der Waals surface area contributed by atoms with Crippen LogP contribution in [-0.2, 0) is 4.74 Å². The zero-order chi connectivity index (χ0) is 16.3. The van der Waals surface area contributed by atoms with Gasteiger partial charge in [-0.1, -0.05) is 6.08 Å². The maximum Gasteiger partial charge on any atom is 0.410 e. The van der Waals surface area contributed by atoms with Gasteiger partial charge in [-0.2, -0.15) is 0 Å². The second-order valence-electron chi connectivity index (χ2n) is 6.06. The minimum atomic E-state index is -0.537. The highest BCUT2D eigenvalue weighted by Crippen LogP contribution is 2.29. The van der Waals surface area contributed by atoms with Crippen molar-refractivity contribution in [3.8, 4) is 0 Å². The van der Waals surface area contributed by atoms with Gasteiger partial charge in [-0.15, -0.1) is 0 Å². The van der Waals surface area contributed by atoms with Crippen LogP contribution in [0.4, 0.5) is 10.5 Å². The number of aromatic nitrogens is 1. The number of ether oxygens (including phenoxy) is 1. The van der Waals surface area contributed by atoms with Crippen LogP contribution >= 0.6 is 0 Å². The van der Waals surface area contributed by atoms with E-state index in [9.17, 15) is 14.9 Å². The van der Waals surface area contributed by atoms with Crippen molar-refractivity contribution in [2.24, 2.45) is 0 Å². The third kappa shape index (κ3) is 3.81. The molecule has 0 unspecified atom stereocenters. The summed E-state index contributed by atoms with van der Waals surface area (Å²) in [5, 5.41) is 11.0. The van der Waals surface area contributed by atoms with Crippen molar-refractivity contribution in [2.75, 3.05) is 13.1 Å². The van der Waals surface area contributed by atoms with Crippen LogP contribution in [0.3, 0.4) is 0 Å². The van der Waals surface area contributed by atoms with Crippen LogP contribution in [0.15, 0.2) is 24.5 Å². The van der Waals surface area contributed by atoms with Crippen LogP contribution in [-0.4, -0.2) is 39.6 Å². The molecule has 0 aliphatic carbocycles. The molecule has 0 aromatic carbocycles. The first-order valence-corrected chi connectivity index (χ1v) is 7.03. The number of nitro groups is 1. The van der Waals surface area contributed by atoms with Crippen molar-refractivity contribution >= 4 is 17.4 Å². The van der Waals surface area contributed by atoms with E-state index in [1.54, 1.807) is 11.0 Å². The van der Waals surface area contributed by atoms with Gasteiger partial charge in [0.15, 0.2) is 0 Å². The number of carbonyl (C=O) groups excluding carboxylic acids is 1. The molecule has 7 nitrogen and oxygen atoms in total. The van der Waals surface area contributed by atoms with Gasteiger partial charge in [-0.05, 0) is 38.8 Å². The van der Waals surface area contributed by atoms with E-state index in [0.717, 1.165) is 5.57 Å². The Bertz CT molecular complexity index is 619. The van der Waals surface area contributed by atoms with Crippen LogP contribution in [0, 0.1) is 10.1 Å². The van der Waals surface area contributed by atoms with Gasteiger partial charge < -0.3 is 9.64 Å². The molecule has 0 saturated heterocycles. The number of amides is 1. The highest BCUT2D eigenvalue weighted by Gasteiger charge is 2.25. The van der Waals surface area contributed by atoms with Gasteiger partial charge in [-0.3, -0.25) is 15.1 Å². The molecule has 0 spiro atoms. The Morgan fingerprint density at radius 3 is 2.73 bits per heavy atom. The second kappa shape index (κ2) is 6.13. The summed E-state index contributed by atoms with van der Waals surface area (Å²) in [7, 11) is 0. The molecule has 0 fully saturated rings. The molecule has 1 amide bonds. The van der Waals surface area contributed by atoms with E-state index >= 15 is 0 Å². The summed E-state index contributed by atoms with van der Waals surface area (Å²) >= 11 is 0. The summed E-state index contributed by atoms with van der Waals surface area (Å²) in [4.78, 5) is 28.0. The fraction of sp³-hybridized carbons (Fsp3) is 0.467. The SMILES string of the molecule is CC(C)(C)OC(=O)N1CC=C(c2ccncc2[N+](=O)[O-])CC1. The Hall–Kier alpha value is -2.44. The topological polar surface area (TPSA) is 85.6 Å². The number of rotatable bonds is 2. The molecule has 0 atom stereocenters. The number of pyridine rings is 1. The summed E-state index contributed by atoms with van der Waals surface area (Å²) in [6.07, 6.45) is 4.78. The van der Waals surface area contributed by atoms with Crippen LogP contribution in [0.25, 0.3) is 5.57 Å². The van der Waals surface area contributed by atoms with Crippen molar-refractivity contribution in [2.45, 2.75) is 32.8 Å². The molecular weight excluding hydrogens is 286 g/mol. The van der Waals surface area contributed by atoms with Crippen molar-refractivity contribution in [1.82, 2.24) is 9.88 Å². The van der Waals surface area contributed by atoms with Gasteiger partial charge in [0, 0.05) is 19.3 Å². The Labute approximate surface area is 128 Å². The molecular formula is C15H19N3O4. The molecule has 1 aromatic heterocycles. The molecule has 0 N–H and O–H groups in total. The lowest BCUT2D eigenvalue weighted by Crippen LogP contribution is -2.39. The minimum Gasteiger partial charge on any atom is -0.444 e. The van der Waals surface area contributed by atoms with E-state index in [1.165, 1.54) is 12.4 Å². The van der Waals surface area contributed by atoms with Gasteiger partial charge in [-0.25, -0.2) is 4.79 Å². The normalized spacial score (nSPS) is 15.2. The van der Waals surface area contributed by atoms with E-state index in [-0.39, 0.29) is 11.8 Å². The molecule has 1 aliphatic heterocycles. The lowest BCUT2D eigenvalue weighted by molar-refractivity contribution is -0.385. The monoisotopic (exact) mass is 305 g/mol. The van der Waals surface area contributed by atoms with Crippen LogP contribution in [0.2, 0.25) is 0 Å². The van der Waals surface area contributed by atoms with Crippen molar-refractivity contribution < 1.29 is 14.5 Å². The van der Waals surface area contributed by atoms with Crippen LogP contribution in [0.5, 0.6) is 0 Å². The number of carbonyl (C=O) groups is 1. The first kappa shape index (κ1) is 15.9. The molecule has 2 heterocycles. The third-order valence-electron chi connectivity index (χ3n) is 3.20. The summed E-state index contributed by atoms with van der Waals surface area (Å²) in [6.45, 7) is 6.30. The van der Waals surface area contributed by atoms with Gasteiger partial charge in [0.25, 0.3) is 5.69 Å². The van der Waals surface area contributed by atoms with Crippen molar-refractivity contribution in [1.29, 1.82) is 0 Å². The van der Waals surface area contributed by atoms with Crippen LogP contribution in [0.1, 0.15) is 32.8 Å². The molecule has 1 aromatic rings. The fourth-order valence-electron chi connectivity index (χ4n) is 2.21. The zero-order valence-electron chi connectivity index (χ0n) is 12.9. The third-order valence-corrected chi connectivity index (χ3v) is 3.20. The first-order chi connectivity index (χ1) is 10.3. The van der Waals surface area contributed by atoms with E-state index in [4.69, 9.17) is 4.74 Å². The predicted molar refractivity (Wildman–Crippen MR) is 81.3 cm³/mol. The molecule has 2 rings (SSSR count). The lowest BCUT2D eigenvalue weighted by Gasteiger charge is -2.29. The Morgan fingerprint density at radius 1 is 1.45 bits per heavy atom. The van der Waals surface area contributed by atoms with Crippen molar-refractivity contribution in [3.63, 3.8) is 0 Å². The van der Waals surface area contributed by atoms with E-state index in [0.29, 0.717) is 25.1 Å². The maximum atomic E-state index is 12.0. The number of hydrogen-bond donors (Lipinski definition) is 0. The number of nitrogens with zero attached hydrogens (tertiary/aromatic N) is 3. The molecule has 0 radical (unpaired) electrons. The van der Waals surface area contributed by atoms with Gasteiger partial charge in [0.1, 0.15) is 11.8 Å². The van der Waals surface area contributed by atoms with E-state index in [1.807, 2.05) is 26.8 Å². The smallest absolute Gasteiger partial charge is 0.410 e. The van der Waals surface area contributed by atoms with E-state index < -0.39 is 10.5 Å². The van der Waals surface area contributed by atoms with Gasteiger partial charge >= 0.3 is 6.09 Å². The summed E-state index contributed by atoms with van der Waals surface area (Å²) in [6, 6.07) is 1.63. The lowest BCUT2D eigenvalue weighted by atomic mass is 9.99. The first-order valence-electron chi connectivity index (χ1n) is 7.03. The quantitative estimate of drug-likeness (QED) is 0.619. The molecule has 118 valence electrons. The maximum absolute atomic E-state index is 12.0. The molecule has 1 aliphatic rings. The summed E-state index contributed by atoms with van der Waals surface area (Å²) < 4.78 is 5.32. The highest BCUT2D eigenvalue weighted by atomic mass is 16.6. The summed E-state index contributed by atoms with van der Waals surface area (Å²) in [5.74, 6) is 0. The Morgan fingerprint density at radius 2 is 2.18 bits per heavy atom. The zero-order valence-corrected chi connectivity index (χ0v) is 12.9. The average molecular weight is 305 g/mol. The predicted octanol–water partition coefficient (Wildman–Crippen LogP) is 3.01. The highest BCUT2D eigenvalue weighted by molar-refractivity contribution is 5.75. The Kier molecular flexibility index (Phi) is 4.44. The fourth-order valence-corrected chi connectivity index (χ4v) is 2.21. The van der Waals surface area contributed by atoms with Crippen LogP contribution < -0.4 is 0 Å². The van der Waals surface area contributed by atoms with Crippen molar-refractivity contribution in [3.05, 3.63) is 40.2 Å². The molecule has 0 saturated carbocycles. The average Bonchev–Trinajstić information content (AvgIpc) is 2.45. The molecule has 7 heteroatoms. The molecule has 0 bridgehead atoms. The minimum absolute atomic E-state index is 0.0144. The standard InChI is InChI=1S/C15H19N3O4/c1-15(2,3)22-14(19)17-8-5-11(6-9-17)12-4-7-16-10-13(12)18(20)21/h4-5,7,10H,6,8-9H2,1-3H3. The number of hydrogen-bond acceptors (Lipinski definition) is 5. The largest absolute Gasteiger partial charge is 0.444 e. The summed E-state index contributed by atoms with van der Waals surface area (Å²) in [5.41, 5.74) is 0.863. The second-order valence-corrected chi connectivity index (χ2v) is 6.06. The van der Waals surface area contributed by atoms with Gasteiger partial charge in [0.2, 0.25) is 0 Å². The van der Waals surface area contributed by atoms with Gasteiger partial charge in [0.05, 0.1) is 10.5 Å². The molecule has 22 heavy (non-hydrogen) atoms. The Balaban J connectivity index is 2.12. The van der Waals surface area contributed by atoms with E-state index in [2.05, 4.69) is 4.98 Å².